The molecule has 0 N–H and O–H groups in total. The number of hydrogen-bond donors (Lipinski definition) is 0. The van der Waals surface area contributed by atoms with Crippen LogP contribution in [0.4, 0.5) is 0 Å². The van der Waals surface area contributed by atoms with E-state index in [-0.39, 0.29) is 31.1 Å². The van der Waals surface area contributed by atoms with Crippen LogP contribution in [0, 0.1) is 0 Å². The highest BCUT2D eigenvalue weighted by Crippen LogP contribution is 2.15. The first-order valence-corrected chi connectivity index (χ1v) is 24.7. The van der Waals surface area contributed by atoms with E-state index in [1.54, 1.807) is 0 Å². The number of esters is 3. The van der Waals surface area contributed by atoms with Gasteiger partial charge in [0, 0.05) is 19.3 Å². The number of ether oxygens (including phenoxy) is 3. The van der Waals surface area contributed by atoms with Gasteiger partial charge in [-0.1, -0.05) is 219 Å². The van der Waals surface area contributed by atoms with Crippen LogP contribution in [-0.2, 0) is 28.6 Å². The molecule has 0 aliphatic heterocycles. The summed E-state index contributed by atoms with van der Waals surface area (Å²) in [4.78, 5) is 37.5. The first kappa shape index (κ1) is 54.2. The van der Waals surface area contributed by atoms with Crippen LogP contribution in [0.1, 0.15) is 271 Å². The third kappa shape index (κ3) is 43.3. The minimum atomic E-state index is -0.760. The lowest BCUT2D eigenvalue weighted by molar-refractivity contribution is -0.167. The van der Waals surface area contributed by atoms with Crippen molar-refractivity contribution >= 4 is 17.9 Å². The van der Waals surface area contributed by atoms with E-state index < -0.39 is 6.10 Å². The molecule has 0 aromatic rings. The van der Waals surface area contributed by atoms with Gasteiger partial charge < -0.3 is 14.2 Å². The standard InChI is InChI=1S/C50H94O6/c1-4-7-10-13-16-18-19-20-21-22-23-24-25-26-27-28-29-30-31-33-34-37-40-43-49(52)55-46-47(45-54-48(51)42-39-36-15-12-9-6-3)56-50(53)44-41-38-35-32-17-14-11-8-5-2/h22-23,47H,4-21,24-46H2,1-3H3/b23-22-. The topological polar surface area (TPSA) is 78.9 Å². The first-order chi connectivity index (χ1) is 27.5. The van der Waals surface area contributed by atoms with E-state index in [9.17, 15) is 14.4 Å². The summed E-state index contributed by atoms with van der Waals surface area (Å²) in [5, 5.41) is 0. The number of unbranched alkanes of at least 4 members (excludes halogenated alkanes) is 32. The Balaban J connectivity index is 4.03. The summed E-state index contributed by atoms with van der Waals surface area (Å²) in [5.74, 6) is -0.870. The predicted molar refractivity (Wildman–Crippen MR) is 238 cm³/mol. The van der Waals surface area contributed by atoms with Crippen LogP contribution >= 0.6 is 0 Å². The van der Waals surface area contributed by atoms with Gasteiger partial charge in [0.2, 0.25) is 0 Å². The summed E-state index contributed by atoms with van der Waals surface area (Å²) in [6.07, 6.45) is 49.5. The monoisotopic (exact) mass is 791 g/mol. The lowest BCUT2D eigenvalue weighted by atomic mass is 10.0. The van der Waals surface area contributed by atoms with Crippen LogP contribution in [0.25, 0.3) is 0 Å². The maximum atomic E-state index is 12.6. The highest BCUT2D eigenvalue weighted by atomic mass is 16.6. The first-order valence-electron chi connectivity index (χ1n) is 24.7. The van der Waals surface area contributed by atoms with Gasteiger partial charge in [-0.05, 0) is 44.9 Å². The normalized spacial score (nSPS) is 12.0. The Kier molecular flexibility index (Phi) is 44.3. The SMILES string of the molecule is CCCCCCCCCC/C=C\CCCCCCCCCCCCCC(=O)OCC(COC(=O)CCCCCCCC)OC(=O)CCCCCCCCCCC. The number of carbonyl (C=O) groups excluding carboxylic acids is 3. The van der Waals surface area contributed by atoms with Crippen molar-refractivity contribution in [2.75, 3.05) is 13.2 Å². The van der Waals surface area contributed by atoms with Gasteiger partial charge in [-0.2, -0.15) is 0 Å². The van der Waals surface area contributed by atoms with E-state index in [1.165, 1.54) is 173 Å². The van der Waals surface area contributed by atoms with Gasteiger partial charge in [-0.25, -0.2) is 0 Å². The molecule has 6 heteroatoms. The molecule has 56 heavy (non-hydrogen) atoms. The Morgan fingerprint density at radius 1 is 0.339 bits per heavy atom. The molecule has 1 unspecified atom stereocenters. The van der Waals surface area contributed by atoms with Crippen molar-refractivity contribution in [1.29, 1.82) is 0 Å². The summed E-state index contributed by atoms with van der Waals surface area (Å²) in [6.45, 7) is 6.58. The average Bonchev–Trinajstić information content (AvgIpc) is 3.19. The Morgan fingerprint density at radius 2 is 0.589 bits per heavy atom. The van der Waals surface area contributed by atoms with E-state index >= 15 is 0 Å². The molecule has 0 radical (unpaired) electrons. The molecule has 0 aliphatic rings. The summed E-state index contributed by atoms with van der Waals surface area (Å²) >= 11 is 0. The van der Waals surface area contributed by atoms with Crippen molar-refractivity contribution in [3.8, 4) is 0 Å². The molecule has 0 bridgehead atoms. The van der Waals surface area contributed by atoms with Gasteiger partial charge in [0.15, 0.2) is 6.10 Å². The lowest BCUT2D eigenvalue weighted by Gasteiger charge is -2.18. The zero-order valence-electron chi connectivity index (χ0n) is 37.7. The fraction of sp³-hybridized carbons (Fsp3) is 0.900. The van der Waals surface area contributed by atoms with Crippen molar-refractivity contribution in [1.82, 2.24) is 0 Å². The van der Waals surface area contributed by atoms with Gasteiger partial charge >= 0.3 is 17.9 Å². The van der Waals surface area contributed by atoms with Crippen molar-refractivity contribution in [2.24, 2.45) is 0 Å². The van der Waals surface area contributed by atoms with Gasteiger partial charge in [-0.3, -0.25) is 14.4 Å². The van der Waals surface area contributed by atoms with Crippen molar-refractivity contribution in [3.05, 3.63) is 12.2 Å². The molecule has 0 rings (SSSR count). The molecule has 0 aromatic carbocycles. The van der Waals surface area contributed by atoms with Crippen molar-refractivity contribution in [3.63, 3.8) is 0 Å². The van der Waals surface area contributed by atoms with E-state index in [4.69, 9.17) is 14.2 Å². The number of rotatable bonds is 45. The molecule has 0 aromatic heterocycles. The molecule has 0 saturated carbocycles. The maximum absolute atomic E-state index is 12.6. The second-order valence-electron chi connectivity index (χ2n) is 16.7. The quantitative estimate of drug-likeness (QED) is 0.0264. The second kappa shape index (κ2) is 45.8. The molecular weight excluding hydrogens is 697 g/mol. The number of hydrogen-bond acceptors (Lipinski definition) is 6. The van der Waals surface area contributed by atoms with Gasteiger partial charge in [0.1, 0.15) is 13.2 Å². The lowest BCUT2D eigenvalue weighted by Crippen LogP contribution is -2.30. The maximum Gasteiger partial charge on any atom is 0.306 e. The minimum Gasteiger partial charge on any atom is -0.462 e. The molecule has 0 spiro atoms. The Hall–Kier alpha value is -1.85. The molecule has 1 atom stereocenters. The number of carbonyl (C=O) groups is 3. The summed E-state index contributed by atoms with van der Waals surface area (Å²) in [6, 6.07) is 0. The predicted octanol–water partition coefficient (Wildman–Crippen LogP) is 15.8. The zero-order valence-corrected chi connectivity index (χ0v) is 37.7. The fourth-order valence-electron chi connectivity index (χ4n) is 7.26. The van der Waals surface area contributed by atoms with Crippen LogP contribution in [0.3, 0.4) is 0 Å². The van der Waals surface area contributed by atoms with Gasteiger partial charge in [-0.15, -0.1) is 0 Å². The molecule has 0 aliphatic carbocycles. The third-order valence-electron chi connectivity index (χ3n) is 11.0. The molecule has 0 amide bonds. The highest BCUT2D eigenvalue weighted by molar-refractivity contribution is 5.71. The summed E-state index contributed by atoms with van der Waals surface area (Å²) in [5.41, 5.74) is 0. The van der Waals surface area contributed by atoms with E-state index in [0.717, 1.165) is 57.8 Å². The smallest absolute Gasteiger partial charge is 0.306 e. The van der Waals surface area contributed by atoms with E-state index in [1.807, 2.05) is 0 Å². The molecule has 0 fully saturated rings. The Labute approximate surface area is 348 Å². The van der Waals surface area contributed by atoms with Gasteiger partial charge in [0.25, 0.3) is 0 Å². The van der Waals surface area contributed by atoms with Crippen LogP contribution in [-0.4, -0.2) is 37.2 Å². The van der Waals surface area contributed by atoms with E-state index in [2.05, 4.69) is 32.9 Å². The van der Waals surface area contributed by atoms with Gasteiger partial charge in [0.05, 0.1) is 0 Å². The largest absolute Gasteiger partial charge is 0.462 e. The van der Waals surface area contributed by atoms with Crippen LogP contribution < -0.4 is 0 Å². The molecule has 330 valence electrons. The average molecular weight is 791 g/mol. The molecule has 6 nitrogen and oxygen atoms in total. The van der Waals surface area contributed by atoms with Crippen molar-refractivity contribution < 1.29 is 28.6 Å². The number of allylic oxidation sites excluding steroid dienone is 2. The minimum absolute atomic E-state index is 0.0668. The van der Waals surface area contributed by atoms with Crippen LogP contribution in [0.2, 0.25) is 0 Å². The third-order valence-corrected chi connectivity index (χ3v) is 11.0. The van der Waals surface area contributed by atoms with Crippen LogP contribution in [0.15, 0.2) is 12.2 Å². The summed E-state index contributed by atoms with van der Waals surface area (Å²) < 4.78 is 16.6. The zero-order chi connectivity index (χ0) is 40.8. The van der Waals surface area contributed by atoms with Crippen molar-refractivity contribution in [2.45, 2.75) is 277 Å². The second-order valence-corrected chi connectivity index (χ2v) is 16.7. The Bertz CT molecular complexity index is 870. The molecule has 0 saturated heterocycles. The molecule has 0 heterocycles. The highest BCUT2D eigenvalue weighted by Gasteiger charge is 2.19. The Morgan fingerprint density at radius 3 is 0.893 bits per heavy atom. The fourth-order valence-corrected chi connectivity index (χ4v) is 7.26. The van der Waals surface area contributed by atoms with Crippen LogP contribution in [0.5, 0.6) is 0 Å². The summed E-state index contributed by atoms with van der Waals surface area (Å²) in [7, 11) is 0. The van der Waals surface area contributed by atoms with E-state index in [0.29, 0.717) is 19.3 Å². The molecular formula is C50H94O6.